The van der Waals surface area contributed by atoms with Crippen LogP contribution in [0.2, 0.25) is 0 Å². The summed E-state index contributed by atoms with van der Waals surface area (Å²) < 4.78 is 5.32. The van der Waals surface area contributed by atoms with Gasteiger partial charge in [0.05, 0.1) is 12.8 Å². The van der Waals surface area contributed by atoms with E-state index in [0.29, 0.717) is 0 Å². The van der Waals surface area contributed by atoms with E-state index in [-0.39, 0.29) is 0 Å². The highest BCUT2D eigenvalue weighted by Crippen LogP contribution is 2.34. The molecule has 0 aliphatic heterocycles. The molecular formula is C17H16N2OS. The number of thiazole rings is 1. The van der Waals surface area contributed by atoms with Crippen molar-refractivity contribution in [2.24, 2.45) is 0 Å². The fourth-order valence-corrected chi connectivity index (χ4v) is 3.28. The van der Waals surface area contributed by atoms with Crippen LogP contribution in [0.5, 0.6) is 5.75 Å². The number of hydrogen-bond donors (Lipinski definition) is 0. The Labute approximate surface area is 128 Å². The van der Waals surface area contributed by atoms with Crippen LogP contribution in [0.1, 0.15) is 11.1 Å². The van der Waals surface area contributed by atoms with E-state index >= 15 is 0 Å². The maximum atomic E-state index is 5.32. The van der Waals surface area contributed by atoms with Crippen molar-refractivity contribution in [3.8, 4) is 27.6 Å². The van der Waals surface area contributed by atoms with Crippen molar-refractivity contribution in [2.75, 3.05) is 7.11 Å². The van der Waals surface area contributed by atoms with Gasteiger partial charge in [-0.05, 0) is 49.2 Å². The van der Waals surface area contributed by atoms with E-state index < -0.39 is 0 Å². The molecule has 4 heteroatoms. The molecule has 1 aromatic carbocycles. The number of aromatic nitrogens is 2. The lowest BCUT2D eigenvalue weighted by Crippen LogP contribution is -1.92. The quantitative estimate of drug-likeness (QED) is 0.714. The first-order valence-corrected chi connectivity index (χ1v) is 7.58. The lowest BCUT2D eigenvalue weighted by molar-refractivity contribution is 0.414. The van der Waals surface area contributed by atoms with Crippen molar-refractivity contribution in [1.82, 2.24) is 9.97 Å². The topological polar surface area (TPSA) is 35.0 Å². The van der Waals surface area contributed by atoms with E-state index in [0.717, 1.165) is 22.0 Å². The zero-order valence-corrected chi connectivity index (χ0v) is 13.1. The highest BCUT2D eigenvalue weighted by Gasteiger charge is 2.12. The number of rotatable bonds is 3. The van der Waals surface area contributed by atoms with E-state index in [4.69, 9.17) is 9.72 Å². The summed E-state index contributed by atoms with van der Waals surface area (Å²) in [7, 11) is 1.69. The van der Waals surface area contributed by atoms with E-state index in [1.165, 1.54) is 16.7 Å². The molecule has 0 bridgehead atoms. The summed E-state index contributed by atoms with van der Waals surface area (Å²) in [5, 5.41) is 3.12. The minimum Gasteiger partial charge on any atom is -0.497 e. The van der Waals surface area contributed by atoms with Gasteiger partial charge < -0.3 is 4.74 Å². The summed E-state index contributed by atoms with van der Waals surface area (Å²) in [6.07, 6.45) is 3.58. The first kappa shape index (κ1) is 13.8. The van der Waals surface area contributed by atoms with Crippen molar-refractivity contribution in [2.45, 2.75) is 13.8 Å². The Morgan fingerprint density at radius 3 is 2.33 bits per heavy atom. The summed E-state index contributed by atoms with van der Waals surface area (Å²) in [4.78, 5) is 8.82. The Morgan fingerprint density at radius 1 is 1.05 bits per heavy atom. The van der Waals surface area contributed by atoms with Crippen molar-refractivity contribution in [3.63, 3.8) is 0 Å². The third-order valence-electron chi connectivity index (χ3n) is 3.43. The lowest BCUT2D eigenvalue weighted by Gasteiger charge is -2.10. The Morgan fingerprint density at radius 2 is 1.71 bits per heavy atom. The second-order valence-corrected chi connectivity index (χ2v) is 5.77. The highest BCUT2D eigenvalue weighted by atomic mass is 32.1. The normalized spacial score (nSPS) is 10.6. The van der Waals surface area contributed by atoms with Crippen LogP contribution in [-0.2, 0) is 0 Å². The van der Waals surface area contributed by atoms with Gasteiger partial charge in [0, 0.05) is 28.9 Å². The van der Waals surface area contributed by atoms with Gasteiger partial charge >= 0.3 is 0 Å². The molecule has 106 valence electrons. The van der Waals surface area contributed by atoms with Gasteiger partial charge in [-0.15, -0.1) is 11.3 Å². The van der Waals surface area contributed by atoms with Crippen molar-refractivity contribution in [3.05, 3.63) is 53.2 Å². The number of nitrogens with zero attached hydrogens (tertiary/aromatic N) is 2. The van der Waals surface area contributed by atoms with Crippen LogP contribution in [0.3, 0.4) is 0 Å². The van der Waals surface area contributed by atoms with E-state index in [1.54, 1.807) is 30.8 Å². The van der Waals surface area contributed by atoms with Crippen LogP contribution in [0.4, 0.5) is 0 Å². The molecule has 2 aromatic heterocycles. The van der Waals surface area contributed by atoms with Gasteiger partial charge in [-0.25, -0.2) is 4.98 Å². The Balaban J connectivity index is 2.05. The molecule has 21 heavy (non-hydrogen) atoms. The number of pyridine rings is 1. The van der Waals surface area contributed by atoms with Crippen LogP contribution >= 0.6 is 11.3 Å². The maximum Gasteiger partial charge on any atom is 0.124 e. The Bertz CT molecular complexity index is 742. The molecule has 3 nitrogen and oxygen atoms in total. The molecule has 2 heterocycles. The van der Waals surface area contributed by atoms with Crippen LogP contribution in [0, 0.1) is 13.8 Å². The molecule has 3 rings (SSSR count). The molecule has 0 spiro atoms. The molecule has 3 aromatic rings. The minimum absolute atomic E-state index is 0.887. The fraction of sp³-hybridized carbons (Fsp3) is 0.176. The van der Waals surface area contributed by atoms with Gasteiger partial charge in [-0.1, -0.05) is 0 Å². The van der Waals surface area contributed by atoms with Crippen LogP contribution in [-0.4, -0.2) is 17.1 Å². The summed E-state index contributed by atoms with van der Waals surface area (Å²) in [5.41, 5.74) is 5.67. The average Bonchev–Trinajstić information content (AvgIpc) is 2.97. The molecule has 0 saturated heterocycles. The number of methoxy groups -OCH3 is 1. The van der Waals surface area contributed by atoms with Crippen molar-refractivity contribution < 1.29 is 4.74 Å². The second kappa shape index (κ2) is 5.66. The number of aryl methyl sites for hydroxylation is 2. The smallest absolute Gasteiger partial charge is 0.124 e. The van der Waals surface area contributed by atoms with E-state index in [9.17, 15) is 0 Å². The highest BCUT2D eigenvalue weighted by molar-refractivity contribution is 7.13. The molecule has 0 aliphatic rings. The van der Waals surface area contributed by atoms with Gasteiger partial charge in [0.25, 0.3) is 0 Å². The Kier molecular flexibility index (Phi) is 3.71. The zero-order chi connectivity index (χ0) is 14.8. The van der Waals surface area contributed by atoms with Gasteiger partial charge in [-0.2, -0.15) is 0 Å². The molecule has 0 aliphatic carbocycles. The number of hydrogen-bond acceptors (Lipinski definition) is 4. The summed E-state index contributed by atoms with van der Waals surface area (Å²) in [6.45, 7) is 4.19. The monoisotopic (exact) mass is 296 g/mol. The summed E-state index contributed by atoms with van der Waals surface area (Å²) >= 11 is 1.65. The molecule has 0 amide bonds. The first-order valence-electron chi connectivity index (χ1n) is 6.70. The molecule has 0 unspecified atom stereocenters. The van der Waals surface area contributed by atoms with E-state index in [1.807, 2.05) is 24.3 Å². The fourth-order valence-electron chi connectivity index (χ4n) is 2.46. The average molecular weight is 296 g/mol. The van der Waals surface area contributed by atoms with Crippen LogP contribution in [0.15, 0.2) is 42.0 Å². The second-order valence-electron chi connectivity index (χ2n) is 4.91. The minimum atomic E-state index is 0.887. The number of benzene rings is 1. The third kappa shape index (κ3) is 2.67. The van der Waals surface area contributed by atoms with Gasteiger partial charge in [0.1, 0.15) is 10.8 Å². The first-order chi connectivity index (χ1) is 10.2. The predicted molar refractivity (Wildman–Crippen MR) is 86.8 cm³/mol. The summed E-state index contributed by atoms with van der Waals surface area (Å²) in [6, 6.07) is 8.06. The van der Waals surface area contributed by atoms with E-state index in [2.05, 4.69) is 24.2 Å². The van der Waals surface area contributed by atoms with Crippen LogP contribution < -0.4 is 4.74 Å². The summed E-state index contributed by atoms with van der Waals surface area (Å²) in [5.74, 6) is 0.887. The predicted octanol–water partition coefficient (Wildman–Crippen LogP) is 4.50. The molecule has 0 radical (unpaired) electrons. The zero-order valence-electron chi connectivity index (χ0n) is 12.3. The Hall–Kier alpha value is -2.20. The van der Waals surface area contributed by atoms with Crippen LogP contribution in [0.25, 0.3) is 21.8 Å². The largest absolute Gasteiger partial charge is 0.497 e. The van der Waals surface area contributed by atoms with Gasteiger partial charge in [0.15, 0.2) is 0 Å². The van der Waals surface area contributed by atoms with Crippen molar-refractivity contribution in [1.29, 1.82) is 0 Å². The molecule has 0 N–H and O–H groups in total. The molecule has 0 fully saturated rings. The number of ether oxygens (including phenoxy) is 1. The molecule has 0 atom stereocenters. The van der Waals surface area contributed by atoms with Gasteiger partial charge in [0.2, 0.25) is 0 Å². The third-order valence-corrected chi connectivity index (χ3v) is 4.32. The lowest BCUT2D eigenvalue weighted by atomic mass is 10.0. The molecular weight excluding hydrogens is 280 g/mol. The SMILES string of the molecule is COc1cc(C)c(-c2csc(-c3ccncc3)n2)c(C)c1. The standard InChI is InChI=1S/C17H16N2OS/c1-11-8-14(20-3)9-12(2)16(11)15-10-21-17(19-15)13-4-6-18-7-5-13/h4-10H,1-3H3. The maximum absolute atomic E-state index is 5.32. The molecule has 0 saturated carbocycles. The van der Waals surface area contributed by atoms with Crippen molar-refractivity contribution >= 4 is 11.3 Å². The van der Waals surface area contributed by atoms with Gasteiger partial charge in [-0.3, -0.25) is 4.98 Å².